The molecule has 0 saturated carbocycles. The maximum Gasteiger partial charge on any atom is 0.151 e. The molecule has 2 aromatic rings. The number of hydrogen-bond donors (Lipinski definition) is 1. The number of aromatic nitrogens is 1. The molecule has 1 aliphatic heterocycles. The van der Waals surface area contributed by atoms with Gasteiger partial charge in [0, 0.05) is 24.1 Å². The highest BCUT2D eigenvalue weighted by Gasteiger charge is 2.21. The van der Waals surface area contributed by atoms with Gasteiger partial charge in [0.2, 0.25) is 0 Å². The Bertz CT molecular complexity index is 628. The summed E-state index contributed by atoms with van der Waals surface area (Å²) in [5, 5.41) is 1.11. The average Bonchev–Trinajstić information content (AvgIpc) is 2.38. The summed E-state index contributed by atoms with van der Waals surface area (Å²) < 4.78 is 0. The molecule has 0 fully saturated rings. The minimum absolute atomic E-state index is 0.545. The van der Waals surface area contributed by atoms with Crippen molar-refractivity contribution in [2.75, 3.05) is 17.2 Å². The second-order valence-electron chi connectivity index (χ2n) is 4.60. The predicted octanol–water partition coefficient (Wildman–Crippen LogP) is 4.05. The number of rotatable bonds is 1. The Labute approximate surface area is 122 Å². The van der Waals surface area contributed by atoms with Crippen molar-refractivity contribution in [1.82, 2.24) is 4.98 Å². The predicted molar refractivity (Wildman–Crippen MR) is 80.4 cm³/mol. The Morgan fingerprint density at radius 3 is 2.84 bits per heavy atom. The molecular weight excluding hydrogens is 281 g/mol. The van der Waals surface area contributed by atoms with Gasteiger partial charge < -0.3 is 10.6 Å². The largest absolute Gasteiger partial charge is 0.399 e. The van der Waals surface area contributed by atoms with Crippen LogP contribution in [0.5, 0.6) is 0 Å². The smallest absolute Gasteiger partial charge is 0.151 e. The van der Waals surface area contributed by atoms with Crippen LogP contribution in [0.25, 0.3) is 0 Å². The summed E-state index contributed by atoms with van der Waals surface area (Å²) in [6.45, 7) is 0.894. The molecule has 1 aromatic carbocycles. The number of nitrogens with two attached hydrogens (primary N) is 1. The van der Waals surface area contributed by atoms with Crippen molar-refractivity contribution in [2.45, 2.75) is 12.8 Å². The van der Waals surface area contributed by atoms with Gasteiger partial charge in [-0.15, -0.1) is 0 Å². The van der Waals surface area contributed by atoms with Crippen LogP contribution in [0.1, 0.15) is 12.0 Å². The van der Waals surface area contributed by atoms with Crippen LogP contribution in [0.3, 0.4) is 0 Å². The molecule has 0 atom stereocenters. The van der Waals surface area contributed by atoms with E-state index in [1.807, 2.05) is 18.2 Å². The van der Waals surface area contributed by atoms with Crippen molar-refractivity contribution in [3.05, 3.63) is 46.1 Å². The summed E-state index contributed by atoms with van der Waals surface area (Å²) >= 11 is 12.1. The third-order valence-corrected chi connectivity index (χ3v) is 3.75. The normalized spacial score (nSPS) is 14.3. The van der Waals surface area contributed by atoms with Crippen LogP contribution < -0.4 is 10.6 Å². The highest BCUT2D eigenvalue weighted by atomic mass is 35.5. The number of hydrogen-bond acceptors (Lipinski definition) is 3. The number of nitrogen functional groups attached to an aromatic ring is 1. The molecule has 0 amide bonds. The van der Waals surface area contributed by atoms with Crippen molar-refractivity contribution in [2.24, 2.45) is 0 Å². The number of aryl methyl sites for hydroxylation is 1. The van der Waals surface area contributed by atoms with Crippen molar-refractivity contribution in [1.29, 1.82) is 0 Å². The van der Waals surface area contributed by atoms with Crippen LogP contribution in [0.15, 0.2) is 30.5 Å². The van der Waals surface area contributed by atoms with Crippen molar-refractivity contribution in [3.63, 3.8) is 0 Å². The van der Waals surface area contributed by atoms with Crippen LogP contribution in [-0.4, -0.2) is 11.5 Å². The summed E-state index contributed by atoms with van der Waals surface area (Å²) in [6, 6.07) is 7.67. The third-order valence-electron chi connectivity index (χ3n) is 3.27. The summed E-state index contributed by atoms with van der Waals surface area (Å²) in [5.74, 6) is 0.747. The van der Waals surface area contributed by atoms with Crippen molar-refractivity contribution < 1.29 is 0 Å². The first kappa shape index (κ1) is 12.6. The summed E-state index contributed by atoms with van der Waals surface area (Å²) in [7, 11) is 0. The summed E-state index contributed by atoms with van der Waals surface area (Å²) in [6.07, 6.45) is 3.70. The minimum atomic E-state index is 0.545. The first-order chi connectivity index (χ1) is 9.15. The molecule has 2 heterocycles. The highest BCUT2D eigenvalue weighted by Crippen LogP contribution is 2.37. The molecule has 3 rings (SSSR count). The van der Waals surface area contributed by atoms with E-state index in [1.165, 1.54) is 5.56 Å². The number of benzene rings is 1. The average molecular weight is 294 g/mol. The van der Waals surface area contributed by atoms with Gasteiger partial charge in [0.05, 0.1) is 10.0 Å². The number of halogens is 2. The fourth-order valence-corrected chi connectivity index (χ4v) is 2.93. The van der Waals surface area contributed by atoms with Gasteiger partial charge in [-0.2, -0.15) is 0 Å². The zero-order valence-electron chi connectivity index (χ0n) is 10.2. The minimum Gasteiger partial charge on any atom is -0.399 e. The van der Waals surface area contributed by atoms with Gasteiger partial charge in [-0.05, 0) is 42.7 Å². The van der Waals surface area contributed by atoms with Gasteiger partial charge in [0.15, 0.2) is 5.82 Å². The van der Waals surface area contributed by atoms with E-state index in [1.54, 1.807) is 12.3 Å². The molecule has 5 heteroatoms. The molecule has 3 nitrogen and oxygen atoms in total. The lowest BCUT2D eigenvalue weighted by Crippen LogP contribution is -2.25. The maximum atomic E-state index is 6.25. The van der Waals surface area contributed by atoms with E-state index >= 15 is 0 Å². The molecular formula is C14H13Cl2N3. The van der Waals surface area contributed by atoms with Crippen molar-refractivity contribution in [3.8, 4) is 0 Å². The number of nitrogens with zero attached hydrogens (tertiary/aromatic N) is 2. The van der Waals surface area contributed by atoms with Gasteiger partial charge in [-0.25, -0.2) is 4.98 Å². The standard InChI is InChI=1S/C14H13Cl2N3/c15-10-7-12(16)14(18-8-10)19-5-1-2-9-6-11(17)3-4-13(9)19/h3-4,6-8H,1-2,5,17H2. The molecule has 2 N–H and O–H groups in total. The summed E-state index contributed by atoms with van der Waals surface area (Å²) in [5.41, 5.74) is 8.98. The molecule has 0 spiro atoms. The van der Waals surface area contributed by atoms with E-state index in [2.05, 4.69) is 9.88 Å². The van der Waals surface area contributed by atoms with Crippen LogP contribution >= 0.6 is 23.2 Å². The van der Waals surface area contributed by atoms with E-state index in [0.29, 0.717) is 10.0 Å². The van der Waals surface area contributed by atoms with E-state index in [4.69, 9.17) is 28.9 Å². The van der Waals surface area contributed by atoms with Gasteiger partial charge in [0.25, 0.3) is 0 Å². The van der Waals surface area contributed by atoms with Crippen LogP contribution in [0, 0.1) is 0 Å². The van der Waals surface area contributed by atoms with Gasteiger partial charge in [-0.3, -0.25) is 0 Å². The summed E-state index contributed by atoms with van der Waals surface area (Å²) in [4.78, 5) is 6.48. The first-order valence-electron chi connectivity index (χ1n) is 6.12. The molecule has 1 aromatic heterocycles. The lowest BCUT2D eigenvalue weighted by Gasteiger charge is -2.31. The fraction of sp³-hybridized carbons (Fsp3) is 0.214. The molecule has 0 unspecified atom stereocenters. The zero-order valence-corrected chi connectivity index (χ0v) is 11.7. The maximum absolute atomic E-state index is 6.25. The topological polar surface area (TPSA) is 42.1 Å². The number of anilines is 3. The second kappa shape index (κ2) is 4.91. The lowest BCUT2D eigenvalue weighted by atomic mass is 10.0. The quantitative estimate of drug-likeness (QED) is 0.807. The fourth-order valence-electron chi connectivity index (χ4n) is 2.44. The van der Waals surface area contributed by atoms with E-state index < -0.39 is 0 Å². The second-order valence-corrected chi connectivity index (χ2v) is 5.45. The Hall–Kier alpha value is -1.45. The Morgan fingerprint density at radius 1 is 1.21 bits per heavy atom. The third kappa shape index (κ3) is 2.36. The lowest BCUT2D eigenvalue weighted by molar-refractivity contribution is 0.760. The Morgan fingerprint density at radius 2 is 2.05 bits per heavy atom. The number of pyridine rings is 1. The number of fused-ring (bicyclic) bond motifs is 1. The van der Waals surface area contributed by atoms with E-state index in [9.17, 15) is 0 Å². The molecule has 0 bridgehead atoms. The monoisotopic (exact) mass is 293 g/mol. The molecule has 0 aliphatic carbocycles. The highest BCUT2D eigenvalue weighted by molar-refractivity contribution is 6.36. The Kier molecular flexibility index (Phi) is 3.25. The Balaban J connectivity index is 2.08. The van der Waals surface area contributed by atoms with Crippen LogP contribution in [0.4, 0.5) is 17.2 Å². The molecule has 0 radical (unpaired) electrons. The van der Waals surface area contributed by atoms with E-state index in [0.717, 1.165) is 36.6 Å². The van der Waals surface area contributed by atoms with Crippen LogP contribution in [-0.2, 0) is 6.42 Å². The van der Waals surface area contributed by atoms with Crippen LogP contribution in [0.2, 0.25) is 10.0 Å². The molecule has 19 heavy (non-hydrogen) atoms. The van der Waals surface area contributed by atoms with Crippen molar-refractivity contribution >= 4 is 40.4 Å². The first-order valence-corrected chi connectivity index (χ1v) is 6.88. The molecule has 1 aliphatic rings. The van der Waals surface area contributed by atoms with Gasteiger partial charge in [-0.1, -0.05) is 23.2 Å². The molecule has 98 valence electrons. The molecule has 0 saturated heterocycles. The van der Waals surface area contributed by atoms with Gasteiger partial charge in [0.1, 0.15) is 0 Å². The SMILES string of the molecule is Nc1ccc2c(c1)CCCN2c1ncc(Cl)cc1Cl. The zero-order chi connectivity index (χ0) is 13.4. The van der Waals surface area contributed by atoms with Gasteiger partial charge >= 0.3 is 0 Å². The van der Waals surface area contributed by atoms with E-state index in [-0.39, 0.29) is 0 Å².